The molecular weight excluding hydrogens is 244 g/mol. The number of nitrogens with zero attached hydrogens (tertiary/aromatic N) is 2. The van der Waals surface area contributed by atoms with Gasteiger partial charge in [0.1, 0.15) is 5.75 Å². The Morgan fingerprint density at radius 3 is 2.84 bits per heavy atom. The predicted octanol–water partition coefficient (Wildman–Crippen LogP) is 1.58. The lowest BCUT2D eigenvalue weighted by Gasteiger charge is -2.02. The van der Waals surface area contributed by atoms with E-state index < -0.39 is 0 Å². The number of aryl methyl sites for hydroxylation is 1. The quantitative estimate of drug-likeness (QED) is 0.576. The fraction of sp³-hybridized carbons (Fsp3) is 0.154. The summed E-state index contributed by atoms with van der Waals surface area (Å²) in [5.41, 5.74) is 4.83. The molecule has 0 fully saturated rings. The van der Waals surface area contributed by atoms with Crippen LogP contribution in [0.25, 0.3) is 0 Å². The Labute approximate surface area is 110 Å². The first-order valence-electron chi connectivity index (χ1n) is 5.72. The number of amides is 1. The maximum Gasteiger partial charge on any atom is 0.291 e. The van der Waals surface area contributed by atoms with Crippen molar-refractivity contribution in [2.24, 2.45) is 5.10 Å². The lowest BCUT2D eigenvalue weighted by molar-refractivity contribution is 0.0950. The first kappa shape index (κ1) is 12.8. The van der Waals surface area contributed by atoms with Crippen molar-refractivity contribution in [3.63, 3.8) is 0 Å². The summed E-state index contributed by atoms with van der Waals surface area (Å²) in [5, 5.41) is 19.9. The number of aromatic hydroxyl groups is 1. The summed E-state index contributed by atoms with van der Waals surface area (Å²) in [5.74, 6) is -0.231. The normalized spacial score (nSPS) is 11.4. The number of phenols is 1. The molecule has 0 saturated heterocycles. The zero-order valence-corrected chi connectivity index (χ0v) is 10.6. The van der Waals surface area contributed by atoms with Gasteiger partial charge in [0.2, 0.25) is 0 Å². The molecule has 0 bridgehead atoms. The van der Waals surface area contributed by atoms with Gasteiger partial charge in [0.15, 0.2) is 5.69 Å². The Hall–Kier alpha value is -2.63. The van der Waals surface area contributed by atoms with E-state index in [4.69, 9.17) is 0 Å². The number of benzene rings is 1. The van der Waals surface area contributed by atoms with Crippen molar-refractivity contribution >= 4 is 11.6 Å². The van der Waals surface area contributed by atoms with Crippen molar-refractivity contribution in [3.05, 3.63) is 47.3 Å². The second-order valence-electron chi connectivity index (χ2n) is 4.12. The van der Waals surface area contributed by atoms with Crippen molar-refractivity contribution in [2.45, 2.75) is 13.8 Å². The minimum Gasteiger partial charge on any atom is -0.508 e. The van der Waals surface area contributed by atoms with Gasteiger partial charge in [-0.2, -0.15) is 10.2 Å². The summed E-state index contributed by atoms with van der Waals surface area (Å²) in [7, 11) is 0. The molecule has 3 N–H and O–H groups in total. The topological polar surface area (TPSA) is 90.4 Å². The molecule has 6 heteroatoms. The highest BCUT2D eigenvalue weighted by Crippen LogP contribution is 2.11. The van der Waals surface area contributed by atoms with Gasteiger partial charge in [0.25, 0.3) is 5.91 Å². The van der Waals surface area contributed by atoms with Crippen molar-refractivity contribution in [3.8, 4) is 5.75 Å². The molecule has 1 aromatic carbocycles. The molecule has 1 amide bonds. The zero-order chi connectivity index (χ0) is 13.8. The first-order valence-corrected chi connectivity index (χ1v) is 5.72. The van der Waals surface area contributed by atoms with E-state index >= 15 is 0 Å². The van der Waals surface area contributed by atoms with Crippen molar-refractivity contribution < 1.29 is 9.90 Å². The molecule has 2 rings (SSSR count). The molecule has 6 nitrogen and oxygen atoms in total. The number of aromatic nitrogens is 2. The number of H-pyrrole nitrogens is 1. The number of hydrogen-bond donors (Lipinski definition) is 3. The third kappa shape index (κ3) is 3.19. The predicted molar refractivity (Wildman–Crippen MR) is 71.1 cm³/mol. The Morgan fingerprint density at radius 2 is 2.21 bits per heavy atom. The molecule has 98 valence electrons. The molecule has 0 atom stereocenters. The van der Waals surface area contributed by atoms with E-state index in [2.05, 4.69) is 20.7 Å². The van der Waals surface area contributed by atoms with E-state index in [1.165, 1.54) is 0 Å². The number of nitrogens with one attached hydrogen (secondary N) is 2. The SMILES string of the molecule is CC(=NNC(=O)c1cc(C)[nH]n1)c1cccc(O)c1. The van der Waals surface area contributed by atoms with Crippen LogP contribution < -0.4 is 5.43 Å². The summed E-state index contributed by atoms with van der Waals surface area (Å²) in [6.45, 7) is 3.55. The average Bonchev–Trinajstić information content (AvgIpc) is 2.82. The van der Waals surface area contributed by atoms with Crippen molar-refractivity contribution in [2.75, 3.05) is 0 Å². The number of carbonyl (C=O) groups excluding carboxylic acids is 1. The zero-order valence-electron chi connectivity index (χ0n) is 10.6. The van der Waals surface area contributed by atoms with Gasteiger partial charge >= 0.3 is 0 Å². The minimum atomic E-state index is -0.385. The second kappa shape index (κ2) is 5.34. The van der Waals surface area contributed by atoms with Gasteiger partial charge in [-0.15, -0.1) is 0 Å². The van der Waals surface area contributed by atoms with E-state index in [9.17, 15) is 9.90 Å². The number of hydrogen-bond acceptors (Lipinski definition) is 4. The molecule has 2 aromatic rings. The number of carbonyl (C=O) groups is 1. The van der Waals surface area contributed by atoms with Gasteiger partial charge < -0.3 is 5.11 Å². The van der Waals surface area contributed by atoms with Crippen LogP contribution in [-0.4, -0.2) is 26.9 Å². The van der Waals surface area contributed by atoms with E-state index in [1.54, 1.807) is 37.3 Å². The highest BCUT2D eigenvalue weighted by Gasteiger charge is 2.08. The third-order valence-corrected chi connectivity index (χ3v) is 2.53. The van der Waals surface area contributed by atoms with E-state index in [-0.39, 0.29) is 17.4 Å². The number of aromatic amines is 1. The van der Waals surface area contributed by atoms with Gasteiger partial charge in [-0.05, 0) is 32.0 Å². The molecule has 0 saturated carbocycles. The maximum absolute atomic E-state index is 11.7. The van der Waals surface area contributed by atoms with Gasteiger partial charge in [0.05, 0.1) is 5.71 Å². The molecule has 0 aliphatic rings. The van der Waals surface area contributed by atoms with Crippen LogP contribution in [0.3, 0.4) is 0 Å². The molecule has 1 heterocycles. The number of rotatable bonds is 3. The fourth-order valence-corrected chi connectivity index (χ4v) is 1.52. The van der Waals surface area contributed by atoms with Crippen LogP contribution in [0.5, 0.6) is 5.75 Å². The van der Waals surface area contributed by atoms with Crippen LogP contribution in [0, 0.1) is 6.92 Å². The van der Waals surface area contributed by atoms with Gasteiger partial charge in [-0.25, -0.2) is 5.43 Å². The summed E-state index contributed by atoms with van der Waals surface area (Å²) in [4.78, 5) is 11.7. The minimum absolute atomic E-state index is 0.154. The first-order chi connectivity index (χ1) is 9.06. The average molecular weight is 258 g/mol. The number of phenolic OH excluding ortho intramolecular Hbond substituents is 1. The van der Waals surface area contributed by atoms with Crippen LogP contribution in [0.4, 0.5) is 0 Å². The van der Waals surface area contributed by atoms with Crippen LogP contribution in [0.2, 0.25) is 0 Å². The lowest BCUT2D eigenvalue weighted by Crippen LogP contribution is -2.19. The van der Waals surface area contributed by atoms with Crippen LogP contribution >= 0.6 is 0 Å². The fourth-order valence-electron chi connectivity index (χ4n) is 1.52. The van der Waals surface area contributed by atoms with E-state index in [0.717, 1.165) is 11.3 Å². The lowest BCUT2D eigenvalue weighted by atomic mass is 10.1. The van der Waals surface area contributed by atoms with Crippen molar-refractivity contribution in [1.82, 2.24) is 15.6 Å². The highest BCUT2D eigenvalue weighted by atomic mass is 16.3. The van der Waals surface area contributed by atoms with Crippen LogP contribution in [0.15, 0.2) is 35.4 Å². The van der Waals surface area contributed by atoms with Crippen LogP contribution in [0.1, 0.15) is 28.7 Å². The second-order valence-corrected chi connectivity index (χ2v) is 4.12. The largest absolute Gasteiger partial charge is 0.508 e. The van der Waals surface area contributed by atoms with Crippen LogP contribution in [-0.2, 0) is 0 Å². The van der Waals surface area contributed by atoms with Gasteiger partial charge in [-0.1, -0.05) is 12.1 Å². The Kier molecular flexibility index (Phi) is 3.61. The monoisotopic (exact) mass is 258 g/mol. The smallest absolute Gasteiger partial charge is 0.291 e. The standard InChI is InChI=1S/C13H14N4O2/c1-8-6-12(16-14-8)13(19)17-15-9(2)10-4-3-5-11(18)7-10/h3-7,18H,1-2H3,(H,14,16)(H,17,19). The summed E-state index contributed by atoms with van der Waals surface area (Å²) in [6, 6.07) is 8.28. The Bertz CT molecular complexity index is 631. The molecule has 1 aromatic heterocycles. The summed E-state index contributed by atoms with van der Waals surface area (Å²) >= 11 is 0. The highest BCUT2D eigenvalue weighted by molar-refractivity contribution is 6.00. The Morgan fingerprint density at radius 1 is 1.42 bits per heavy atom. The van der Waals surface area contributed by atoms with E-state index in [1.807, 2.05) is 6.92 Å². The molecule has 0 spiro atoms. The summed E-state index contributed by atoms with van der Waals surface area (Å²) in [6.07, 6.45) is 0. The summed E-state index contributed by atoms with van der Waals surface area (Å²) < 4.78 is 0. The van der Waals surface area contributed by atoms with E-state index in [0.29, 0.717) is 5.71 Å². The molecule has 19 heavy (non-hydrogen) atoms. The van der Waals surface area contributed by atoms with Gasteiger partial charge in [0, 0.05) is 11.3 Å². The molecule has 0 unspecified atom stereocenters. The van der Waals surface area contributed by atoms with Gasteiger partial charge in [-0.3, -0.25) is 9.89 Å². The molecular formula is C13H14N4O2. The molecule has 0 aliphatic carbocycles. The van der Waals surface area contributed by atoms with Crippen molar-refractivity contribution in [1.29, 1.82) is 0 Å². The molecule has 0 aliphatic heterocycles. The Balaban J connectivity index is 2.08. The number of hydrazone groups is 1. The maximum atomic E-state index is 11.7. The molecule has 0 radical (unpaired) electrons. The third-order valence-electron chi connectivity index (χ3n) is 2.53.